The van der Waals surface area contributed by atoms with Crippen LogP contribution in [0.1, 0.15) is 59.8 Å². The van der Waals surface area contributed by atoms with E-state index >= 15 is 0 Å². The highest BCUT2D eigenvalue weighted by molar-refractivity contribution is 5.91. The summed E-state index contributed by atoms with van der Waals surface area (Å²) in [4.78, 5) is 23.2. The molecule has 1 fully saturated rings. The number of carbonyl (C=O) groups excluding carboxylic acids is 2. The van der Waals surface area contributed by atoms with Crippen molar-refractivity contribution in [2.45, 2.75) is 72.2 Å². The Morgan fingerprint density at radius 1 is 1.08 bits per heavy atom. The van der Waals surface area contributed by atoms with E-state index in [1.807, 2.05) is 33.8 Å². The van der Waals surface area contributed by atoms with E-state index in [1.54, 1.807) is 6.08 Å². The van der Waals surface area contributed by atoms with E-state index in [0.29, 0.717) is 19.3 Å². The highest BCUT2D eigenvalue weighted by atomic mass is 16.7. The van der Waals surface area contributed by atoms with Crippen molar-refractivity contribution in [3.05, 3.63) is 34.9 Å². The van der Waals surface area contributed by atoms with Crippen molar-refractivity contribution < 1.29 is 24.5 Å². The first-order valence-corrected chi connectivity index (χ1v) is 8.76. The van der Waals surface area contributed by atoms with E-state index in [0.717, 1.165) is 24.0 Å². The largest absolute Gasteiger partial charge is 0.433 e. The van der Waals surface area contributed by atoms with E-state index in [2.05, 4.69) is 10.8 Å². The maximum absolute atomic E-state index is 11.7. The van der Waals surface area contributed by atoms with Gasteiger partial charge in [0.2, 0.25) is 6.29 Å². The van der Waals surface area contributed by atoms with E-state index in [1.165, 1.54) is 5.57 Å². The zero-order valence-corrected chi connectivity index (χ0v) is 15.6. The molecule has 0 aromatic rings. The number of cyclic esters (lactones) is 1. The minimum atomic E-state index is -1.40. The van der Waals surface area contributed by atoms with Gasteiger partial charge in [-0.3, -0.25) is 9.59 Å². The SMILES string of the molecule is CC(C)=CC(=O)C/C(C)=C/CC/C(C)=C/CC[C@H]1C(=O)O[C@@H](O)[C@@H]1O. The number of esters is 1. The zero-order chi connectivity index (χ0) is 19.0. The zero-order valence-electron chi connectivity index (χ0n) is 15.6. The standard InChI is InChI=1S/C20H30O5/c1-13(2)11-16(21)12-15(4)9-5-7-14(3)8-6-10-17-18(22)20(24)25-19(17)23/h8-9,11,17-18,20,22,24H,5-7,10,12H2,1-4H3/b14-8+,15-9+/t17-,18-,20-/m1/s1. The maximum Gasteiger partial charge on any atom is 0.314 e. The van der Waals surface area contributed by atoms with Gasteiger partial charge in [0.25, 0.3) is 0 Å². The fourth-order valence-electron chi connectivity index (χ4n) is 2.78. The van der Waals surface area contributed by atoms with Crippen LogP contribution in [0.4, 0.5) is 0 Å². The summed E-state index contributed by atoms with van der Waals surface area (Å²) in [7, 11) is 0. The van der Waals surface area contributed by atoms with Crippen LogP contribution in [0, 0.1) is 5.92 Å². The third-order valence-corrected chi connectivity index (χ3v) is 4.15. The minimum Gasteiger partial charge on any atom is -0.433 e. The molecule has 1 heterocycles. The lowest BCUT2D eigenvalue weighted by Crippen LogP contribution is -2.26. The molecule has 0 saturated carbocycles. The van der Waals surface area contributed by atoms with Crippen LogP contribution in [0.5, 0.6) is 0 Å². The summed E-state index contributed by atoms with van der Waals surface area (Å²) in [6.07, 6.45) is 6.58. The van der Waals surface area contributed by atoms with Gasteiger partial charge in [-0.05, 0) is 59.5 Å². The Kier molecular flexibility index (Phi) is 8.79. The van der Waals surface area contributed by atoms with Crippen molar-refractivity contribution in [1.82, 2.24) is 0 Å². The second-order valence-electron chi connectivity index (χ2n) is 7.01. The molecule has 0 aromatic heterocycles. The summed E-state index contributed by atoms with van der Waals surface area (Å²) in [5.41, 5.74) is 3.28. The third-order valence-electron chi connectivity index (χ3n) is 4.15. The highest BCUT2D eigenvalue weighted by Gasteiger charge is 2.41. The first-order chi connectivity index (χ1) is 11.7. The molecule has 0 unspecified atom stereocenters. The molecule has 1 aliphatic heterocycles. The molecule has 140 valence electrons. The normalized spacial score (nSPS) is 24.2. The van der Waals surface area contributed by atoms with Crippen LogP contribution >= 0.6 is 0 Å². The Morgan fingerprint density at radius 3 is 2.28 bits per heavy atom. The van der Waals surface area contributed by atoms with Gasteiger partial charge in [0.05, 0.1) is 5.92 Å². The second kappa shape index (κ2) is 10.3. The molecular formula is C20H30O5. The molecule has 1 aliphatic rings. The Hall–Kier alpha value is -1.72. The number of hydrogen-bond acceptors (Lipinski definition) is 5. The summed E-state index contributed by atoms with van der Waals surface area (Å²) < 4.78 is 4.60. The Bertz CT molecular complexity index is 567. The van der Waals surface area contributed by atoms with E-state index in [-0.39, 0.29) is 5.78 Å². The van der Waals surface area contributed by atoms with Crippen molar-refractivity contribution in [2.24, 2.45) is 5.92 Å². The number of rotatable bonds is 9. The van der Waals surface area contributed by atoms with Crippen molar-refractivity contribution in [3.63, 3.8) is 0 Å². The molecule has 3 atom stereocenters. The topological polar surface area (TPSA) is 83.8 Å². The number of ether oxygens (including phenoxy) is 1. The molecule has 1 rings (SSSR count). The quantitative estimate of drug-likeness (QED) is 0.379. The molecule has 0 bridgehead atoms. The van der Waals surface area contributed by atoms with Gasteiger partial charge in [-0.25, -0.2) is 0 Å². The van der Waals surface area contributed by atoms with Crippen LogP contribution in [0.2, 0.25) is 0 Å². The Morgan fingerprint density at radius 2 is 1.72 bits per heavy atom. The maximum atomic E-state index is 11.7. The predicted molar refractivity (Wildman–Crippen MR) is 96.6 cm³/mol. The van der Waals surface area contributed by atoms with Crippen LogP contribution in [0.3, 0.4) is 0 Å². The Balaban J connectivity index is 2.34. The third kappa shape index (κ3) is 7.80. The molecular weight excluding hydrogens is 320 g/mol. The van der Waals surface area contributed by atoms with Crippen molar-refractivity contribution in [3.8, 4) is 0 Å². The summed E-state index contributed by atoms with van der Waals surface area (Å²) in [6.45, 7) is 7.82. The van der Waals surface area contributed by atoms with Crippen LogP contribution in [-0.2, 0) is 14.3 Å². The lowest BCUT2D eigenvalue weighted by molar-refractivity contribution is -0.159. The predicted octanol–water partition coefficient (Wildman–Crippen LogP) is 3.22. The van der Waals surface area contributed by atoms with Crippen LogP contribution in [0.15, 0.2) is 34.9 Å². The molecule has 1 saturated heterocycles. The molecule has 0 aromatic carbocycles. The molecule has 0 amide bonds. The summed E-state index contributed by atoms with van der Waals surface area (Å²) in [5.74, 6) is -1.06. The van der Waals surface area contributed by atoms with E-state index < -0.39 is 24.3 Å². The fourth-order valence-corrected chi connectivity index (χ4v) is 2.78. The smallest absolute Gasteiger partial charge is 0.314 e. The average molecular weight is 350 g/mol. The molecule has 0 radical (unpaired) electrons. The number of carbonyl (C=O) groups is 2. The monoisotopic (exact) mass is 350 g/mol. The van der Waals surface area contributed by atoms with E-state index in [4.69, 9.17) is 0 Å². The van der Waals surface area contributed by atoms with Crippen LogP contribution in [-0.4, -0.2) is 34.4 Å². The molecule has 25 heavy (non-hydrogen) atoms. The molecule has 0 aliphatic carbocycles. The number of allylic oxidation sites excluding steroid dienone is 6. The van der Waals surface area contributed by atoms with Crippen LogP contribution in [0.25, 0.3) is 0 Å². The summed E-state index contributed by atoms with van der Waals surface area (Å²) >= 11 is 0. The highest BCUT2D eigenvalue weighted by Crippen LogP contribution is 2.25. The lowest BCUT2D eigenvalue weighted by atomic mass is 9.97. The molecule has 5 nitrogen and oxygen atoms in total. The van der Waals surface area contributed by atoms with E-state index in [9.17, 15) is 19.8 Å². The average Bonchev–Trinajstić information content (AvgIpc) is 2.72. The first-order valence-electron chi connectivity index (χ1n) is 8.76. The van der Waals surface area contributed by atoms with Gasteiger partial charge in [-0.2, -0.15) is 0 Å². The van der Waals surface area contributed by atoms with Crippen LogP contribution < -0.4 is 0 Å². The number of hydrogen-bond donors (Lipinski definition) is 2. The van der Waals surface area contributed by atoms with Crippen molar-refractivity contribution in [2.75, 3.05) is 0 Å². The molecule has 5 heteroatoms. The molecule has 2 N–H and O–H groups in total. The first kappa shape index (κ1) is 21.3. The minimum absolute atomic E-state index is 0.130. The van der Waals surface area contributed by atoms with Gasteiger partial charge in [0, 0.05) is 6.42 Å². The number of aliphatic hydroxyl groups is 2. The fraction of sp³-hybridized carbons (Fsp3) is 0.600. The van der Waals surface area contributed by atoms with Gasteiger partial charge < -0.3 is 14.9 Å². The van der Waals surface area contributed by atoms with Gasteiger partial charge in [0.1, 0.15) is 6.10 Å². The summed E-state index contributed by atoms with van der Waals surface area (Å²) in [6, 6.07) is 0. The lowest BCUT2D eigenvalue weighted by Gasteiger charge is -2.09. The van der Waals surface area contributed by atoms with Gasteiger partial charge in [0.15, 0.2) is 5.78 Å². The second-order valence-corrected chi connectivity index (χ2v) is 7.01. The molecule has 0 spiro atoms. The van der Waals surface area contributed by atoms with Crippen molar-refractivity contribution >= 4 is 11.8 Å². The number of ketones is 1. The Labute approximate surface area is 150 Å². The van der Waals surface area contributed by atoms with Gasteiger partial charge >= 0.3 is 5.97 Å². The summed E-state index contributed by atoms with van der Waals surface area (Å²) in [5, 5.41) is 18.9. The van der Waals surface area contributed by atoms with Gasteiger partial charge in [-0.1, -0.05) is 28.9 Å². The number of aliphatic hydroxyl groups excluding tert-OH is 2. The van der Waals surface area contributed by atoms with Gasteiger partial charge in [-0.15, -0.1) is 0 Å². The van der Waals surface area contributed by atoms with Crippen molar-refractivity contribution in [1.29, 1.82) is 0 Å².